The Hall–Kier alpha value is -4.73. The highest BCUT2D eigenvalue weighted by molar-refractivity contribution is 5.97. The molecule has 0 spiro atoms. The fourth-order valence-electron chi connectivity index (χ4n) is 3.91. The third-order valence-corrected chi connectivity index (χ3v) is 5.61. The molecule has 1 saturated heterocycles. The number of carbonyl (C=O) groups is 1. The zero-order chi connectivity index (χ0) is 23.1. The molecule has 1 N–H and O–H groups in total. The van der Waals surface area contributed by atoms with Gasteiger partial charge in [0.1, 0.15) is 36.6 Å². The van der Waals surface area contributed by atoms with Crippen molar-refractivity contribution < 1.29 is 14.3 Å². The van der Waals surface area contributed by atoms with E-state index in [1.807, 2.05) is 55.5 Å². The highest BCUT2D eigenvalue weighted by Crippen LogP contribution is 2.31. The van der Waals surface area contributed by atoms with Crippen LogP contribution in [-0.2, 0) is 4.74 Å². The summed E-state index contributed by atoms with van der Waals surface area (Å²) in [7, 11) is 0. The average molecular weight is 453 g/mol. The average Bonchev–Trinajstić information content (AvgIpc) is 3.49. The Morgan fingerprint density at radius 3 is 2.82 bits per heavy atom. The van der Waals surface area contributed by atoms with E-state index in [1.165, 1.54) is 12.7 Å². The molecule has 0 radical (unpaired) electrons. The van der Waals surface area contributed by atoms with Crippen LogP contribution in [0.4, 0.5) is 22.0 Å². The second-order valence-corrected chi connectivity index (χ2v) is 7.82. The summed E-state index contributed by atoms with van der Waals surface area (Å²) in [4.78, 5) is 26.5. The first-order valence-electron chi connectivity index (χ1n) is 10.7. The number of ether oxygens (including phenoxy) is 2. The molecular weight excluding hydrogens is 434 g/mol. The summed E-state index contributed by atoms with van der Waals surface area (Å²) in [5, 5.41) is 8.27. The van der Waals surface area contributed by atoms with Crippen molar-refractivity contribution in [2.24, 2.45) is 0 Å². The smallest absolute Gasteiger partial charge is 0.414 e. The SMILES string of the molecule is Cc1cc(Nc2ncnc3ccc(N4CCOC4=O)cc23)ccc1Oc1ccn2ncnc2c1. The molecule has 34 heavy (non-hydrogen) atoms. The summed E-state index contributed by atoms with van der Waals surface area (Å²) in [6, 6.07) is 15.1. The maximum Gasteiger partial charge on any atom is 0.414 e. The van der Waals surface area contributed by atoms with Gasteiger partial charge in [0, 0.05) is 29.0 Å². The largest absolute Gasteiger partial charge is 0.457 e. The van der Waals surface area contributed by atoms with Gasteiger partial charge in [-0.05, 0) is 55.0 Å². The van der Waals surface area contributed by atoms with E-state index in [0.717, 1.165) is 33.6 Å². The van der Waals surface area contributed by atoms with E-state index >= 15 is 0 Å². The molecule has 1 aliphatic rings. The molecule has 0 bridgehead atoms. The second kappa shape index (κ2) is 8.00. The standard InChI is InChI=1S/C24H19N7O3/c1-15-10-16(2-5-21(15)34-18-6-7-31-22(12-18)26-14-28-31)29-23-19-11-17(30-8-9-33-24(30)32)3-4-20(19)25-13-27-23/h2-7,10-14H,8-9H2,1H3,(H,25,27,29). The monoisotopic (exact) mass is 453 g/mol. The van der Waals surface area contributed by atoms with Crippen molar-refractivity contribution >= 4 is 39.8 Å². The summed E-state index contributed by atoms with van der Waals surface area (Å²) in [5.74, 6) is 2.06. The normalized spacial score (nSPS) is 13.4. The van der Waals surface area contributed by atoms with E-state index in [1.54, 1.807) is 15.6 Å². The number of fused-ring (bicyclic) bond motifs is 2. The Labute approximate surface area is 193 Å². The van der Waals surface area contributed by atoms with Gasteiger partial charge in [0.05, 0.1) is 12.1 Å². The fourth-order valence-corrected chi connectivity index (χ4v) is 3.91. The number of aromatic nitrogens is 5. The van der Waals surface area contributed by atoms with Crippen LogP contribution in [0.3, 0.4) is 0 Å². The van der Waals surface area contributed by atoms with Gasteiger partial charge in [0.15, 0.2) is 5.65 Å². The molecule has 6 rings (SSSR count). The number of hydrogen-bond donors (Lipinski definition) is 1. The van der Waals surface area contributed by atoms with Gasteiger partial charge < -0.3 is 14.8 Å². The molecular formula is C24H19N7O3. The van der Waals surface area contributed by atoms with Crippen molar-refractivity contribution in [1.29, 1.82) is 0 Å². The maximum atomic E-state index is 12.0. The number of nitrogens with zero attached hydrogens (tertiary/aromatic N) is 6. The predicted octanol–water partition coefficient (Wildman–Crippen LogP) is 4.47. The number of hydrogen-bond acceptors (Lipinski definition) is 8. The minimum absolute atomic E-state index is 0.347. The van der Waals surface area contributed by atoms with Gasteiger partial charge in [0.25, 0.3) is 0 Å². The van der Waals surface area contributed by atoms with Gasteiger partial charge in [-0.1, -0.05) is 0 Å². The van der Waals surface area contributed by atoms with Crippen LogP contribution in [0.25, 0.3) is 16.6 Å². The summed E-state index contributed by atoms with van der Waals surface area (Å²) in [5.41, 5.74) is 4.03. The Morgan fingerprint density at radius 2 is 1.97 bits per heavy atom. The Kier molecular flexibility index (Phi) is 4.69. The first-order chi connectivity index (χ1) is 16.6. The molecule has 1 fully saturated rings. The first kappa shape index (κ1) is 19.9. The molecule has 10 nitrogen and oxygen atoms in total. The van der Waals surface area contributed by atoms with Gasteiger partial charge in [-0.15, -0.1) is 0 Å². The molecule has 5 aromatic rings. The van der Waals surface area contributed by atoms with Gasteiger partial charge >= 0.3 is 6.09 Å². The molecule has 0 unspecified atom stereocenters. The van der Waals surface area contributed by atoms with Crippen LogP contribution >= 0.6 is 0 Å². The van der Waals surface area contributed by atoms with Crippen molar-refractivity contribution in [2.45, 2.75) is 6.92 Å². The lowest BCUT2D eigenvalue weighted by molar-refractivity contribution is 0.181. The van der Waals surface area contributed by atoms with Crippen LogP contribution in [0.2, 0.25) is 0 Å². The maximum absolute atomic E-state index is 12.0. The van der Waals surface area contributed by atoms with Crippen LogP contribution in [0.5, 0.6) is 11.5 Å². The number of amides is 1. The number of pyridine rings is 1. The number of benzene rings is 2. The molecule has 1 amide bonds. The van der Waals surface area contributed by atoms with E-state index in [2.05, 4.69) is 25.4 Å². The van der Waals surface area contributed by atoms with Crippen LogP contribution in [0.1, 0.15) is 5.56 Å². The quantitative estimate of drug-likeness (QED) is 0.415. The number of anilines is 3. The summed E-state index contributed by atoms with van der Waals surface area (Å²) >= 11 is 0. The lowest BCUT2D eigenvalue weighted by Crippen LogP contribution is -2.23. The second-order valence-electron chi connectivity index (χ2n) is 7.82. The van der Waals surface area contributed by atoms with Gasteiger partial charge in [-0.3, -0.25) is 4.90 Å². The van der Waals surface area contributed by atoms with Crippen molar-refractivity contribution in [3.8, 4) is 11.5 Å². The van der Waals surface area contributed by atoms with Crippen molar-refractivity contribution in [3.05, 3.63) is 72.9 Å². The van der Waals surface area contributed by atoms with E-state index < -0.39 is 0 Å². The van der Waals surface area contributed by atoms with Gasteiger partial charge in [0.2, 0.25) is 0 Å². The lowest BCUT2D eigenvalue weighted by atomic mass is 10.1. The highest BCUT2D eigenvalue weighted by Gasteiger charge is 2.24. The molecule has 0 saturated carbocycles. The van der Waals surface area contributed by atoms with Crippen molar-refractivity contribution in [2.75, 3.05) is 23.4 Å². The minimum atomic E-state index is -0.347. The summed E-state index contributed by atoms with van der Waals surface area (Å²) < 4.78 is 12.8. The number of nitrogens with one attached hydrogen (secondary N) is 1. The highest BCUT2D eigenvalue weighted by atomic mass is 16.6. The van der Waals surface area contributed by atoms with Crippen LogP contribution in [0.15, 0.2) is 67.4 Å². The molecule has 1 aliphatic heterocycles. The van der Waals surface area contributed by atoms with Crippen molar-refractivity contribution in [3.63, 3.8) is 0 Å². The number of carbonyl (C=O) groups excluding carboxylic acids is 1. The third kappa shape index (κ3) is 3.60. The van der Waals surface area contributed by atoms with E-state index in [9.17, 15) is 4.79 Å². The summed E-state index contributed by atoms with van der Waals surface area (Å²) in [6.45, 7) is 2.88. The molecule has 4 heterocycles. The lowest BCUT2D eigenvalue weighted by Gasteiger charge is -2.15. The summed E-state index contributed by atoms with van der Waals surface area (Å²) in [6.07, 6.45) is 4.47. The zero-order valence-electron chi connectivity index (χ0n) is 18.2. The van der Waals surface area contributed by atoms with Gasteiger partial charge in [-0.25, -0.2) is 24.3 Å². The van der Waals surface area contributed by atoms with Crippen molar-refractivity contribution in [1.82, 2.24) is 24.6 Å². The number of aryl methyl sites for hydroxylation is 1. The van der Waals surface area contributed by atoms with E-state index in [0.29, 0.717) is 30.4 Å². The minimum Gasteiger partial charge on any atom is -0.457 e. The van der Waals surface area contributed by atoms with E-state index in [4.69, 9.17) is 9.47 Å². The zero-order valence-corrected chi connectivity index (χ0v) is 18.2. The molecule has 0 aliphatic carbocycles. The number of rotatable bonds is 5. The van der Waals surface area contributed by atoms with Crippen LogP contribution in [0, 0.1) is 6.92 Å². The molecule has 3 aromatic heterocycles. The predicted molar refractivity (Wildman–Crippen MR) is 126 cm³/mol. The molecule has 10 heteroatoms. The fraction of sp³-hybridized carbons (Fsp3) is 0.125. The van der Waals surface area contributed by atoms with Gasteiger partial charge in [-0.2, -0.15) is 5.10 Å². The van der Waals surface area contributed by atoms with Crippen LogP contribution in [-0.4, -0.2) is 43.8 Å². The van der Waals surface area contributed by atoms with E-state index in [-0.39, 0.29) is 6.09 Å². The number of cyclic esters (lactones) is 1. The Balaban J connectivity index is 1.27. The topological polar surface area (TPSA) is 107 Å². The first-order valence-corrected chi connectivity index (χ1v) is 10.7. The molecule has 2 aromatic carbocycles. The Morgan fingerprint density at radius 1 is 1.03 bits per heavy atom. The Bertz CT molecular complexity index is 1550. The van der Waals surface area contributed by atoms with Crippen LogP contribution < -0.4 is 15.0 Å². The molecule has 0 atom stereocenters. The molecule has 168 valence electrons. The third-order valence-electron chi connectivity index (χ3n) is 5.61.